The molecule has 1 N–H and O–H groups in total. The highest BCUT2D eigenvalue weighted by atomic mass is 32.2. The van der Waals surface area contributed by atoms with Crippen LogP contribution in [0.3, 0.4) is 0 Å². The Hall–Kier alpha value is 0.270. The minimum atomic E-state index is 0.772. The molecule has 0 aromatic heterocycles. The maximum Gasteiger partial charge on any atom is 0.0189 e. The molecule has 2 saturated heterocycles. The highest BCUT2D eigenvalue weighted by Gasteiger charge is 2.40. The average molecular weight is 256 g/mol. The third kappa shape index (κ3) is 2.99. The molecule has 0 aromatic rings. The van der Waals surface area contributed by atoms with Gasteiger partial charge in [0.15, 0.2) is 0 Å². The maximum absolute atomic E-state index is 3.51. The van der Waals surface area contributed by atoms with Gasteiger partial charge in [0.1, 0.15) is 0 Å². The van der Waals surface area contributed by atoms with Crippen molar-refractivity contribution in [3.05, 3.63) is 0 Å². The molecular weight excluding hydrogens is 228 g/mol. The van der Waals surface area contributed by atoms with E-state index in [9.17, 15) is 0 Å². The van der Waals surface area contributed by atoms with Crippen LogP contribution in [0.15, 0.2) is 0 Å². The molecular formula is C14H28N2S. The lowest BCUT2D eigenvalue weighted by molar-refractivity contribution is -0.00370. The van der Waals surface area contributed by atoms with Crippen molar-refractivity contribution in [2.45, 2.75) is 69.6 Å². The molecule has 0 spiro atoms. The van der Waals surface area contributed by atoms with Crippen LogP contribution in [-0.2, 0) is 0 Å². The van der Waals surface area contributed by atoms with Gasteiger partial charge in [-0.15, -0.1) is 0 Å². The first-order chi connectivity index (χ1) is 8.30. The standard InChI is InChI=1S/C14H28N2S/c1-4-12(10-17-3)16-13-6-5-7-14(16)9-11(8-13)15-2/h11-15H,4-10H2,1-3H3. The van der Waals surface area contributed by atoms with E-state index in [2.05, 4.69) is 30.4 Å². The van der Waals surface area contributed by atoms with E-state index in [0.717, 1.165) is 24.2 Å². The van der Waals surface area contributed by atoms with Crippen LogP contribution in [0.5, 0.6) is 0 Å². The quantitative estimate of drug-likeness (QED) is 0.814. The Morgan fingerprint density at radius 1 is 1.29 bits per heavy atom. The van der Waals surface area contributed by atoms with Gasteiger partial charge in [0, 0.05) is 29.9 Å². The fourth-order valence-electron chi connectivity index (χ4n) is 3.86. The number of piperidine rings is 2. The molecule has 0 radical (unpaired) electrons. The van der Waals surface area contributed by atoms with Crippen LogP contribution in [-0.4, -0.2) is 48.1 Å². The Morgan fingerprint density at radius 3 is 2.41 bits per heavy atom. The summed E-state index contributed by atoms with van der Waals surface area (Å²) in [5.41, 5.74) is 0. The molecule has 2 bridgehead atoms. The number of nitrogens with one attached hydrogen (secondary N) is 1. The molecule has 2 rings (SSSR count). The van der Waals surface area contributed by atoms with Crippen LogP contribution in [0.1, 0.15) is 45.4 Å². The molecule has 0 aromatic carbocycles. The highest BCUT2D eigenvalue weighted by molar-refractivity contribution is 7.98. The predicted octanol–water partition coefficient (Wildman–Crippen LogP) is 2.73. The fraction of sp³-hybridized carbons (Fsp3) is 1.00. The molecule has 2 nitrogen and oxygen atoms in total. The van der Waals surface area contributed by atoms with Crippen molar-refractivity contribution in [1.29, 1.82) is 0 Å². The smallest absolute Gasteiger partial charge is 0.0189 e. The van der Waals surface area contributed by atoms with Crippen molar-refractivity contribution in [2.75, 3.05) is 19.1 Å². The third-order valence-corrected chi connectivity index (χ3v) is 5.41. The molecule has 2 aliphatic heterocycles. The number of nitrogens with zero attached hydrogens (tertiary/aromatic N) is 1. The van der Waals surface area contributed by atoms with Crippen LogP contribution in [0, 0.1) is 0 Å². The number of fused-ring (bicyclic) bond motifs is 2. The Balaban J connectivity index is 2.06. The first kappa shape index (κ1) is 13.7. The normalized spacial score (nSPS) is 35.8. The van der Waals surface area contributed by atoms with Gasteiger partial charge in [-0.05, 0) is 45.4 Å². The Kier molecular flexibility index (Phi) is 5.19. The van der Waals surface area contributed by atoms with E-state index < -0.39 is 0 Å². The van der Waals surface area contributed by atoms with Crippen LogP contribution in [0.2, 0.25) is 0 Å². The first-order valence-electron chi connectivity index (χ1n) is 7.23. The highest BCUT2D eigenvalue weighted by Crippen LogP contribution is 2.36. The molecule has 2 aliphatic rings. The number of rotatable bonds is 5. The number of hydrogen-bond donors (Lipinski definition) is 1. The van der Waals surface area contributed by atoms with Gasteiger partial charge in [-0.3, -0.25) is 4.90 Å². The second kappa shape index (κ2) is 6.44. The molecule has 3 unspecified atom stereocenters. The van der Waals surface area contributed by atoms with Gasteiger partial charge in [-0.2, -0.15) is 11.8 Å². The van der Waals surface area contributed by atoms with Gasteiger partial charge in [0.25, 0.3) is 0 Å². The Bertz CT molecular complexity index is 220. The lowest BCUT2D eigenvalue weighted by atomic mass is 9.80. The van der Waals surface area contributed by atoms with Gasteiger partial charge in [-0.25, -0.2) is 0 Å². The molecule has 0 amide bonds. The molecule has 100 valence electrons. The summed E-state index contributed by atoms with van der Waals surface area (Å²) in [7, 11) is 2.13. The SMILES string of the molecule is CCC(CSC)N1C2CCCC1CC(NC)C2. The van der Waals surface area contributed by atoms with Gasteiger partial charge in [-0.1, -0.05) is 13.3 Å². The fourth-order valence-corrected chi connectivity index (χ4v) is 4.65. The van der Waals surface area contributed by atoms with Crippen molar-refractivity contribution in [3.8, 4) is 0 Å². The lowest BCUT2D eigenvalue weighted by Gasteiger charge is -2.52. The minimum absolute atomic E-state index is 0.772. The summed E-state index contributed by atoms with van der Waals surface area (Å²) in [6, 6.07) is 3.31. The summed E-state index contributed by atoms with van der Waals surface area (Å²) in [5, 5.41) is 3.51. The zero-order valence-electron chi connectivity index (χ0n) is 11.6. The molecule has 2 heterocycles. The van der Waals surface area contributed by atoms with Crippen molar-refractivity contribution >= 4 is 11.8 Å². The molecule has 3 atom stereocenters. The van der Waals surface area contributed by atoms with E-state index in [1.807, 2.05) is 11.8 Å². The maximum atomic E-state index is 3.51. The van der Waals surface area contributed by atoms with Crippen LogP contribution >= 0.6 is 11.8 Å². The summed E-state index contributed by atoms with van der Waals surface area (Å²) in [6.07, 6.45) is 10.6. The molecule has 17 heavy (non-hydrogen) atoms. The summed E-state index contributed by atoms with van der Waals surface area (Å²) in [6.45, 7) is 2.36. The number of hydrogen-bond acceptors (Lipinski definition) is 3. The summed E-state index contributed by atoms with van der Waals surface area (Å²) in [5.74, 6) is 1.31. The van der Waals surface area contributed by atoms with E-state index in [1.54, 1.807) is 0 Å². The Labute approximate surface area is 111 Å². The van der Waals surface area contributed by atoms with E-state index >= 15 is 0 Å². The average Bonchev–Trinajstić information content (AvgIpc) is 2.34. The second-order valence-electron chi connectivity index (χ2n) is 5.66. The summed E-state index contributed by atoms with van der Waals surface area (Å²) >= 11 is 2.02. The Morgan fingerprint density at radius 2 is 1.94 bits per heavy atom. The largest absolute Gasteiger partial charge is 0.317 e. The first-order valence-corrected chi connectivity index (χ1v) is 8.63. The monoisotopic (exact) mass is 256 g/mol. The topological polar surface area (TPSA) is 15.3 Å². The molecule has 0 saturated carbocycles. The van der Waals surface area contributed by atoms with Crippen molar-refractivity contribution in [1.82, 2.24) is 10.2 Å². The van der Waals surface area contributed by atoms with Crippen LogP contribution < -0.4 is 5.32 Å². The second-order valence-corrected chi connectivity index (χ2v) is 6.57. The van der Waals surface area contributed by atoms with Gasteiger partial charge in [0.2, 0.25) is 0 Å². The third-order valence-electron chi connectivity index (χ3n) is 4.69. The van der Waals surface area contributed by atoms with Crippen molar-refractivity contribution in [2.24, 2.45) is 0 Å². The molecule has 3 heteroatoms. The zero-order chi connectivity index (χ0) is 12.3. The van der Waals surface area contributed by atoms with Crippen molar-refractivity contribution in [3.63, 3.8) is 0 Å². The van der Waals surface area contributed by atoms with Crippen LogP contribution in [0.4, 0.5) is 0 Å². The molecule has 0 aliphatic carbocycles. The molecule has 2 fully saturated rings. The lowest BCUT2D eigenvalue weighted by Crippen LogP contribution is -2.59. The van der Waals surface area contributed by atoms with E-state index in [1.165, 1.54) is 44.3 Å². The van der Waals surface area contributed by atoms with Gasteiger partial charge < -0.3 is 5.32 Å². The summed E-state index contributed by atoms with van der Waals surface area (Å²) in [4.78, 5) is 2.90. The van der Waals surface area contributed by atoms with Crippen LogP contribution in [0.25, 0.3) is 0 Å². The minimum Gasteiger partial charge on any atom is -0.317 e. The van der Waals surface area contributed by atoms with E-state index in [4.69, 9.17) is 0 Å². The van der Waals surface area contributed by atoms with E-state index in [-0.39, 0.29) is 0 Å². The van der Waals surface area contributed by atoms with E-state index in [0.29, 0.717) is 0 Å². The summed E-state index contributed by atoms with van der Waals surface area (Å²) < 4.78 is 0. The number of thioether (sulfide) groups is 1. The van der Waals surface area contributed by atoms with Gasteiger partial charge >= 0.3 is 0 Å². The van der Waals surface area contributed by atoms with Crippen molar-refractivity contribution < 1.29 is 0 Å². The zero-order valence-corrected chi connectivity index (χ0v) is 12.4. The predicted molar refractivity (Wildman–Crippen MR) is 77.8 cm³/mol. The van der Waals surface area contributed by atoms with Gasteiger partial charge in [0.05, 0.1) is 0 Å².